The Kier molecular flexibility index (Phi) is 3.81. The number of halogens is 2. The molecular weight excluding hydrogens is 278 g/mol. The van der Waals surface area contributed by atoms with Crippen LogP contribution in [0.5, 0.6) is 0 Å². The Morgan fingerprint density at radius 1 is 1.21 bits per heavy atom. The van der Waals surface area contributed by atoms with Gasteiger partial charge in [0.1, 0.15) is 16.5 Å². The fourth-order valence-electron chi connectivity index (χ4n) is 1.80. The second-order valence-corrected chi connectivity index (χ2v) is 5.99. The predicted molar refractivity (Wildman–Crippen MR) is 62.7 cm³/mol. The lowest BCUT2D eigenvalue weighted by atomic mass is 10.3. The highest BCUT2D eigenvalue weighted by atomic mass is 32.2. The topological polar surface area (TPSA) is 66.5 Å². The maximum Gasteiger partial charge on any atom is 0.246 e. The number of nitrogens with zero attached hydrogens (tertiary/aromatic N) is 1. The van der Waals surface area contributed by atoms with Gasteiger partial charge in [-0.25, -0.2) is 17.2 Å². The number of hydrogen-bond acceptors (Lipinski definition) is 3. The summed E-state index contributed by atoms with van der Waals surface area (Å²) < 4.78 is 52.0. The van der Waals surface area contributed by atoms with E-state index in [0.29, 0.717) is 6.07 Å². The van der Waals surface area contributed by atoms with Gasteiger partial charge < -0.3 is 5.32 Å². The molecule has 1 aromatic rings. The van der Waals surface area contributed by atoms with Gasteiger partial charge in [0.05, 0.1) is 0 Å². The molecule has 0 atom stereocenters. The van der Waals surface area contributed by atoms with Crippen LogP contribution in [0, 0.1) is 11.6 Å². The van der Waals surface area contributed by atoms with Gasteiger partial charge in [-0.2, -0.15) is 4.31 Å². The first-order valence-electron chi connectivity index (χ1n) is 5.63. The number of amides is 1. The Morgan fingerprint density at radius 3 is 2.68 bits per heavy atom. The van der Waals surface area contributed by atoms with E-state index in [1.54, 1.807) is 0 Å². The summed E-state index contributed by atoms with van der Waals surface area (Å²) in [4.78, 5) is 10.4. The molecule has 1 amide bonds. The van der Waals surface area contributed by atoms with Gasteiger partial charge in [-0.15, -0.1) is 0 Å². The Bertz CT molecular complexity index is 604. The largest absolute Gasteiger partial charge is 0.355 e. The standard InChI is InChI=1S/C11H12F2N2O3S/c12-8-1-2-9(13)10(7-8)19(17,18)15-5-3-11(16)14-4-6-15/h1-2,7H,3-6H2,(H,14,16). The van der Waals surface area contributed by atoms with Gasteiger partial charge in [0, 0.05) is 26.1 Å². The van der Waals surface area contributed by atoms with E-state index in [4.69, 9.17) is 0 Å². The molecule has 5 nitrogen and oxygen atoms in total. The molecule has 8 heteroatoms. The minimum Gasteiger partial charge on any atom is -0.355 e. The molecule has 104 valence electrons. The number of hydrogen-bond donors (Lipinski definition) is 1. The molecule has 0 aromatic heterocycles. The lowest BCUT2D eigenvalue weighted by Crippen LogP contribution is -2.34. The van der Waals surface area contributed by atoms with E-state index in [9.17, 15) is 22.0 Å². The van der Waals surface area contributed by atoms with Crippen LogP contribution in [0.4, 0.5) is 8.78 Å². The van der Waals surface area contributed by atoms with E-state index in [1.807, 2.05) is 0 Å². The smallest absolute Gasteiger partial charge is 0.246 e. The molecule has 0 radical (unpaired) electrons. The molecule has 1 heterocycles. The fraction of sp³-hybridized carbons (Fsp3) is 0.364. The van der Waals surface area contributed by atoms with Crippen LogP contribution in [0.25, 0.3) is 0 Å². The first-order valence-corrected chi connectivity index (χ1v) is 7.07. The van der Waals surface area contributed by atoms with Crippen LogP contribution in [-0.2, 0) is 14.8 Å². The first-order chi connectivity index (χ1) is 8.91. The Hall–Kier alpha value is -1.54. The first kappa shape index (κ1) is 13.9. The maximum atomic E-state index is 13.5. The third kappa shape index (κ3) is 2.90. The average Bonchev–Trinajstić information content (AvgIpc) is 2.57. The van der Waals surface area contributed by atoms with E-state index >= 15 is 0 Å². The Labute approximate surface area is 109 Å². The Balaban J connectivity index is 2.36. The highest BCUT2D eigenvalue weighted by Gasteiger charge is 2.29. The molecule has 0 saturated carbocycles. The van der Waals surface area contributed by atoms with Crippen molar-refractivity contribution in [3.63, 3.8) is 0 Å². The molecule has 1 aromatic carbocycles. The molecule has 1 fully saturated rings. The van der Waals surface area contributed by atoms with Gasteiger partial charge in [-0.05, 0) is 18.2 Å². The number of carbonyl (C=O) groups is 1. The van der Waals surface area contributed by atoms with Crippen LogP contribution in [0.1, 0.15) is 6.42 Å². The number of carbonyl (C=O) groups excluding carboxylic acids is 1. The van der Waals surface area contributed by atoms with Crippen molar-refractivity contribution in [2.45, 2.75) is 11.3 Å². The van der Waals surface area contributed by atoms with Crippen LogP contribution >= 0.6 is 0 Å². The monoisotopic (exact) mass is 290 g/mol. The van der Waals surface area contributed by atoms with E-state index in [-0.39, 0.29) is 32.0 Å². The van der Waals surface area contributed by atoms with Crippen LogP contribution in [-0.4, -0.2) is 38.3 Å². The van der Waals surface area contributed by atoms with Crippen molar-refractivity contribution in [3.05, 3.63) is 29.8 Å². The number of benzene rings is 1. The molecule has 0 spiro atoms. The lowest BCUT2D eigenvalue weighted by molar-refractivity contribution is -0.120. The molecule has 2 rings (SSSR count). The predicted octanol–water partition coefficient (Wildman–Crippen LogP) is 0.475. The van der Waals surface area contributed by atoms with Crippen molar-refractivity contribution in [1.29, 1.82) is 0 Å². The molecule has 1 aliphatic rings. The Morgan fingerprint density at radius 2 is 1.95 bits per heavy atom. The molecule has 0 unspecified atom stereocenters. The molecule has 1 N–H and O–H groups in total. The van der Waals surface area contributed by atoms with E-state index in [2.05, 4.69) is 5.32 Å². The van der Waals surface area contributed by atoms with Crippen molar-refractivity contribution >= 4 is 15.9 Å². The SMILES string of the molecule is O=C1CCN(S(=O)(=O)c2cc(F)ccc2F)CCN1. The van der Waals surface area contributed by atoms with E-state index in [1.165, 1.54) is 0 Å². The molecule has 1 saturated heterocycles. The van der Waals surface area contributed by atoms with E-state index in [0.717, 1.165) is 16.4 Å². The van der Waals surface area contributed by atoms with Gasteiger partial charge in [-0.3, -0.25) is 4.79 Å². The summed E-state index contributed by atoms with van der Waals surface area (Å²) in [5.41, 5.74) is 0. The van der Waals surface area contributed by atoms with Crippen LogP contribution < -0.4 is 5.32 Å². The van der Waals surface area contributed by atoms with Crippen molar-refractivity contribution in [2.24, 2.45) is 0 Å². The van der Waals surface area contributed by atoms with Gasteiger partial charge in [0.25, 0.3) is 0 Å². The number of sulfonamides is 1. The highest BCUT2D eigenvalue weighted by molar-refractivity contribution is 7.89. The van der Waals surface area contributed by atoms with Crippen LogP contribution in [0.3, 0.4) is 0 Å². The van der Waals surface area contributed by atoms with Crippen molar-refractivity contribution in [3.8, 4) is 0 Å². The zero-order valence-electron chi connectivity index (χ0n) is 9.90. The third-order valence-corrected chi connectivity index (χ3v) is 4.70. The van der Waals surface area contributed by atoms with Crippen molar-refractivity contribution < 1.29 is 22.0 Å². The summed E-state index contributed by atoms with van der Waals surface area (Å²) >= 11 is 0. The molecule has 1 aliphatic heterocycles. The summed E-state index contributed by atoms with van der Waals surface area (Å²) in [5, 5.41) is 2.51. The summed E-state index contributed by atoms with van der Waals surface area (Å²) in [7, 11) is -4.14. The number of nitrogens with one attached hydrogen (secondary N) is 1. The maximum absolute atomic E-state index is 13.5. The summed E-state index contributed by atoms with van der Waals surface area (Å²) in [6.45, 7) is 0.128. The fourth-order valence-corrected chi connectivity index (χ4v) is 3.32. The quantitative estimate of drug-likeness (QED) is 0.861. The summed E-state index contributed by atoms with van der Waals surface area (Å²) in [5.74, 6) is -2.11. The van der Waals surface area contributed by atoms with Crippen LogP contribution in [0.15, 0.2) is 23.1 Å². The molecule has 19 heavy (non-hydrogen) atoms. The van der Waals surface area contributed by atoms with Gasteiger partial charge in [-0.1, -0.05) is 0 Å². The normalized spacial score (nSPS) is 17.9. The molecule has 0 aliphatic carbocycles. The van der Waals surface area contributed by atoms with Gasteiger partial charge in [0.2, 0.25) is 15.9 Å². The zero-order chi connectivity index (χ0) is 14.0. The van der Waals surface area contributed by atoms with Gasteiger partial charge >= 0.3 is 0 Å². The zero-order valence-corrected chi connectivity index (χ0v) is 10.7. The van der Waals surface area contributed by atoms with Gasteiger partial charge in [0.15, 0.2) is 0 Å². The summed E-state index contributed by atoms with van der Waals surface area (Å²) in [6, 6.07) is 2.26. The minimum atomic E-state index is -4.14. The second-order valence-electron chi connectivity index (χ2n) is 4.08. The lowest BCUT2D eigenvalue weighted by Gasteiger charge is -2.19. The van der Waals surface area contributed by atoms with Crippen LogP contribution in [0.2, 0.25) is 0 Å². The van der Waals surface area contributed by atoms with E-state index < -0.39 is 26.6 Å². The highest BCUT2D eigenvalue weighted by Crippen LogP contribution is 2.21. The van der Waals surface area contributed by atoms with Crippen molar-refractivity contribution in [1.82, 2.24) is 9.62 Å². The molecular formula is C11H12F2N2O3S. The third-order valence-electron chi connectivity index (χ3n) is 2.78. The average molecular weight is 290 g/mol. The minimum absolute atomic E-state index is 0.00380. The number of rotatable bonds is 2. The second kappa shape index (κ2) is 5.22. The van der Waals surface area contributed by atoms with Crippen molar-refractivity contribution in [2.75, 3.05) is 19.6 Å². The summed E-state index contributed by atoms with van der Waals surface area (Å²) in [6.07, 6.45) is -0.00380. The molecule has 0 bridgehead atoms.